The summed E-state index contributed by atoms with van der Waals surface area (Å²) in [4.78, 5) is 12.1. The third-order valence-electron chi connectivity index (χ3n) is 3.60. The number of halogens is 1. The number of rotatable bonds is 6. The number of carbonyl (C=O) groups is 1. The zero-order chi connectivity index (χ0) is 16.0. The summed E-state index contributed by atoms with van der Waals surface area (Å²) >= 11 is 0. The van der Waals surface area contributed by atoms with Crippen molar-refractivity contribution in [3.8, 4) is 0 Å². The van der Waals surface area contributed by atoms with Crippen LogP contribution >= 0.6 is 0 Å². The molecule has 2 N–H and O–H groups in total. The van der Waals surface area contributed by atoms with Gasteiger partial charge in [-0.1, -0.05) is 39.8 Å². The van der Waals surface area contributed by atoms with E-state index in [4.69, 9.17) is 0 Å². The van der Waals surface area contributed by atoms with Crippen molar-refractivity contribution in [3.63, 3.8) is 0 Å². The molecule has 3 nitrogen and oxygen atoms in total. The Morgan fingerprint density at radius 3 is 2.29 bits per heavy atom. The maximum absolute atomic E-state index is 13.1. The van der Waals surface area contributed by atoms with Crippen molar-refractivity contribution in [2.45, 2.75) is 53.1 Å². The molecule has 2 atom stereocenters. The Balaban J connectivity index is 2.76. The van der Waals surface area contributed by atoms with Gasteiger partial charge in [0.1, 0.15) is 5.82 Å². The first-order valence-electron chi connectivity index (χ1n) is 7.52. The summed E-state index contributed by atoms with van der Waals surface area (Å²) < 4.78 is 13.1. The predicted molar refractivity (Wildman–Crippen MR) is 84.5 cm³/mol. The van der Waals surface area contributed by atoms with Gasteiger partial charge in [0.25, 0.3) is 0 Å². The lowest BCUT2D eigenvalue weighted by molar-refractivity contribution is -0.121. The van der Waals surface area contributed by atoms with Gasteiger partial charge in [0.15, 0.2) is 0 Å². The summed E-state index contributed by atoms with van der Waals surface area (Å²) in [6.07, 6.45) is 0.980. The lowest BCUT2D eigenvalue weighted by Crippen LogP contribution is -2.42. The molecule has 1 rings (SSSR count). The first-order valence-corrected chi connectivity index (χ1v) is 7.52. The van der Waals surface area contributed by atoms with Crippen molar-refractivity contribution in [1.29, 1.82) is 0 Å². The zero-order valence-electron chi connectivity index (χ0n) is 13.7. The largest absolute Gasteiger partial charge is 0.348 e. The fraction of sp³-hybridized carbons (Fsp3) is 0.588. The number of amides is 1. The summed E-state index contributed by atoms with van der Waals surface area (Å²) in [5, 5.41) is 6.23. The van der Waals surface area contributed by atoms with E-state index in [2.05, 4.69) is 45.3 Å². The minimum atomic E-state index is -0.267. The molecule has 21 heavy (non-hydrogen) atoms. The second-order valence-corrected chi connectivity index (χ2v) is 6.61. The van der Waals surface area contributed by atoms with E-state index in [9.17, 15) is 9.18 Å². The normalized spacial score (nSPS) is 14.6. The van der Waals surface area contributed by atoms with Crippen LogP contribution in [0.15, 0.2) is 24.3 Å². The van der Waals surface area contributed by atoms with E-state index in [-0.39, 0.29) is 23.2 Å². The van der Waals surface area contributed by atoms with Gasteiger partial charge < -0.3 is 10.6 Å². The number of nitrogens with one attached hydrogen (secondary N) is 2. The van der Waals surface area contributed by atoms with Crippen LogP contribution in [0.3, 0.4) is 0 Å². The second kappa shape index (κ2) is 7.55. The summed E-state index contributed by atoms with van der Waals surface area (Å²) in [6.45, 7) is 10.6. The molecule has 0 saturated carbocycles. The van der Waals surface area contributed by atoms with E-state index in [1.54, 1.807) is 12.1 Å². The van der Waals surface area contributed by atoms with E-state index in [0.717, 1.165) is 12.0 Å². The van der Waals surface area contributed by atoms with E-state index >= 15 is 0 Å². The van der Waals surface area contributed by atoms with E-state index in [0.29, 0.717) is 12.6 Å². The quantitative estimate of drug-likeness (QED) is 0.844. The molecule has 1 aromatic carbocycles. The second-order valence-electron chi connectivity index (χ2n) is 6.61. The van der Waals surface area contributed by atoms with Gasteiger partial charge in [0.05, 0.1) is 12.6 Å². The number of hydrogen-bond donors (Lipinski definition) is 2. The van der Waals surface area contributed by atoms with Gasteiger partial charge in [-0.2, -0.15) is 0 Å². The Bertz CT molecular complexity index is 451. The molecule has 0 spiro atoms. The minimum Gasteiger partial charge on any atom is -0.348 e. The van der Waals surface area contributed by atoms with Crippen molar-refractivity contribution >= 4 is 5.91 Å². The topological polar surface area (TPSA) is 41.1 Å². The lowest BCUT2D eigenvalue weighted by Gasteiger charge is -2.32. The average molecular weight is 294 g/mol. The lowest BCUT2D eigenvalue weighted by atomic mass is 9.82. The van der Waals surface area contributed by atoms with Crippen LogP contribution in [0, 0.1) is 11.2 Å². The van der Waals surface area contributed by atoms with Crippen LogP contribution in [0.4, 0.5) is 4.39 Å². The predicted octanol–water partition coefficient (Wildman–Crippen LogP) is 3.42. The average Bonchev–Trinajstić information content (AvgIpc) is 2.42. The van der Waals surface area contributed by atoms with Crippen LogP contribution in [0.5, 0.6) is 0 Å². The summed E-state index contributed by atoms with van der Waals surface area (Å²) in [7, 11) is 0. The van der Waals surface area contributed by atoms with Gasteiger partial charge >= 0.3 is 0 Å². The van der Waals surface area contributed by atoms with Crippen molar-refractivity contribution in [2.24, 2.45) is 5.41 Å². The first kappa shape index (κ1) is 17.6. The van der Waals surface area contributed by atoms with Crippen molar-refractivity contribution in [2.75, 3.05) is 6.54 Å². The highest BCUT2D eigenvalue weighted by molar-refractivity contribution is 5.78. The van der Waals surface area contributed by atoms with Crippen LogP contribution in [-0.2, 0) is 4.79 Å². The molecule has 118 valence electrons. The summed E-state index contributed by atoms with van der Waals surface area (Å²) in [5.41, 5.74) is 0.768. The van der Waals surface area contributed by atoms with E-state index < -0.39 is 0 Å². The Morgan fingerprint density at radius 1 is 1.24 bits per heavy atom. The van der Waals surface area contributed by atoms with Gasteiger partial charge in [-0.15, -0.1) is 0 Å². The molecule has 0 aliphatic rings. The third kappa shape index (κ3) is 5.84. The molecule has 1 aromatic rings. The fourth-order valence-corrected chi connectivity index (χ4v) is 2.08. The monoisotopic (exact) mass is 294 g/mol. The summed E-state index contributed by atoms with van der Waals surface area (Å²) in [5.74, 6) is -0.310. The molecule has 0 aliphatic carbocycles. The number of hydrogen-bond acceptors (Lipinski definition) is 2. The van der Waals surface area contributed by atoms with Gasteiger partial charge in [0, 0.05) is 6.04 Å². The molecule has 0 radical (unpaired) electrons. The van der Waals surface area contributed by atoms with Crippen LogP contribution in [0.25, 0.3) is 0 Å². The minimum absolute atomic E-state index is 0.0421. The molecule has 0 saturated heterocycles. The molecular formula is C17H27FN2O. The van der Waals surface area contributed by atoms with Gasteiger partial charge in [-0.05, 0) is 36.5 Å². The van der Waals surface area contributed by atoms with Gasteiger partial charge in [-0.25, -0.2) is 4.39 Å². The highest BCUT2D eigenvalue weighted by Crippen LogP contribution is 2.32. The summed E-state index contributed by atoms with van der Waals surface area (Å²) in [6, 6.07) is 6.48. The standard InChI is InChI=1S/C17H27FN2O/c1-6-12(2)19-11-15(21)20-16(17(3,4)5)13-7-9-14(18)10-8-13/h7-10,12,16,19H,6,11H2,1-5H3,(H,20,21). The fourth-order valence-electron chi connectivity index (χ4n) is 2.08. The van der Waals surface area contributed by atoms with E-state index in [1.165, 1.54) is 12.1 Å². The SMILES string of the molecule is CCC(C)NCC(=O)NC(c1ccc(F)cc1)C(C)(C)C. The molecule has 0 aliphatic heterocycles. The molecule has 1 amide bonds. The maximum Gasteiger partial charge on any atom is 0.234 e. The molecule has 4 heteroatoms. The Labute approximate surface area is 127 Å². The van der Waals surface area contributed by atoms with Crippen molar-refractivity contribution < 1.29 is 9.18 Å². The zero-order valence-corrected chi connectivity index (χ0v) is 13.7. The molecule has 0 heterocycles. The highest BCUT2D eigenvalue weighted by atomic mass is 19.1. The van der Waals surface area contributed by atoms with Crippen LogP contribution in [-0.4, -0.2) is 18.5 Å². The molecule has 0 aromatic heterocycles. The number of carbonyl (C=O) groups excluding carboxylic acids is 1. The first-order chi connectivity index (χ1) is 9.74. The van der Waals surface area contributed by atoms with Crippen molar-refractivity contribution in [1.82, 2.24) is 10.6 Å². The molecule has 2 unspecified atom stereocenters. The third-order valence-corrected chi connectivity index (χ3v) is 3.60. The maximum atomic E-state index is 13.1. The van der Waals surface area contributed by atoms with Crippen molar-refractivity contribution in [3.05, 3.63) is 35.6 Å². The van der Waals surface area contributed by atoms with Gasteiger partial charge in [-0.3, -0.25) is 4.79 Å². The molecule has 0 bridgehead atoms. The molecular weight excluding hydrogens is 267 g/mol. The van der Waals surface area contributed by atoms with Crippen LogP contribution in [0.1, 0.15) is 52.6 Å². The Morgan fingerprint density at radius 2 is 1.81 bits per heavy atom. The Hall–Kier alpha value is -1.42. The molecule has 0 fully saturated rings. The van der Waals surface area contributed by atoms with E-state index in [1.807, 2.05) is 0 Å². The smallest absolute Gasteiger partial charge is 0.234 e. The number of benzene rings is 1. The van der Waals surface area contributed by atoms with Crippen LogP contribution < -0.4 is 10.6 Å². The van der Waals surface area contributed by atoms with Gasteiger partial charge in [0.2, 0.25) is 5.91 Å². The highest BCUT2D eigenvalue weighted by Gasteiger charge is 2.27. The van der Waals surface area contributed by atoms with Crippen LogP contribution in [0.2, 0.25) is 0 Å². The Kier molecular flexibility index (Phi) is 6.34.